The lowest BCUT2D eigenvalue weighted by Gasteiger charge is -2.27. The summed E-state index contributed by atoms with van der Waals surface area (Å²) in [6.07, 6.45) is 4.83. The predicted molar refractivity (Wildman–Crippen MR) is 87.4 cm³/mol. The molecule has 0 aliphatic heterocycles. The molecule has 0 aromatic carbocycles. The molecule has 0 spiro atoms. The lowest BCUT2D eigenvalue weighted by Crippen LogP contribution is -2.48. The fraction of sp³-hybridized carbons (Fsp3) is 0.941. The van der Waals surface area contributed by atoms with Gasteiger partial charge in [-0.1, -0.05) is 27.2 Å². The zero-order valence-corrected chi connectivity index (χ0v) is 14.7. The quantitative estimate of drug-likeness (QED) is 0.786. The summed E-state index contributed by atoms with van der Waals surface area (Å²) < 4.78 is 5.35. The maximum Gasteiger partial charge on any atom is 0.407 e. The van der Waals surface area contributed by atoms with Crippen molar-refractivity contribution < 1.29 is 9.53 Å². The van der Waals surface area contributed by atoms with E-state index in [0.717, 1.165) is 12.5 Å². The molecule has 3 unspecified atom stereocenters. The molecule has 124 valence electrons. The highest BCUT2D eigenvalue weighted by Gasteiger charge is 2.25. The Kier molecular flexibility index (Phi) is 6.98. The monoisotopic (exact) mass is 298 g/mol. The molecule has 1 fully saturated rings. The SMILES string of the molecule is CCC1CCC(NCC(NC(=O)OC(C)(C)C)C(C)C)C1. The van der Waals surface area contributed by atoms with Crippen molar-refractivity contribution in [1.29, 1.82) is 0 Å². The van der Waals surface area contributed by atoms with Crippen molar-refractivity contribution >= 4 is 6.09 Å². The van der Waals surface area contributed by atoms with Gasteiger partial charge in [0.05, 0.1) is 0 Å². The van der Waals surface area contributed by atoms with Crippen LogP contribution in [0.2, 0.25) is 0 Å². The van der Waals surface area contributed by atoms with E-state index in [-0.39, 0.29) is 12.1 Å². The molecule has 0 aromatic heterocycles. The summed E-state index contributed by atoms with van der Waals surface area (Å²) >= 11 is 0. The van der Waals surface area contributed by atoms with E-state index in [2.05, 4.69) is 31.4 Å². The number of rotatable bonds is 6. The molecule has 4 nitrogen and oxygen atoms in total. The van der Waals surface area contributed by atoms with E-state index in [4.69, 9.17) is 4.74 Å². The molecule has 1 aliphatic rings. The van der Waals surface area contributed by atoms with E-state index < -0.39 is 5.60 Å². The van der Waals surface area contributed by atoms with Crippen LogP contribution in [-0.4, -0.2) is 30.3 Å². The number of ether oxygens (including phenoxy) is 1. The summed E-state index contributed by atoms with van der Waals surface area (Å²) in [4.78, 5) is 11.9. The fourth-order valence-corrected chi connectivity index (χ4v) is 2.84. The molecule has 4 heteroatoms. The van der Waals surface area contributed by atoms with Gasteiger partial charge in [-0.3, -0.25) is 0 Å². The van der Waals surface area contributed by atoms with E-state index in [1.165, 1.54) is 25.7 Å². The summed E-state index contributed by atoms with van der Waals surface area (Å²) in [7, 11) is 0. The Balaban J connectivity index is 2.38. The van der Waals surface area contributed by atoms with Gasteiger partial charge in [-0.15, -0.1) is 0 Å². The Morgan fingerprint density at radius 1 is 1.29 bits per heavy atom. The molecule has 0 heterocycles. The van der Waals surface area contributed by atoms with E-state index in [1.54, 1.807) is 0 Å². The van der Waals surface area contributed by atoms with Crippen molar-refractivity contribution in [2.75, 3.05) is 6.54 Å². The summed E-state index contributed by atoms with van der Waals surface area (Å²) in [5, 5.41) is 6.62. The van der Waals surface area contributed by atoms with Crippen LogP contribution in [0.25, 0.3) is 0 Å². The van der Waals surface area contributed by atoms with Crippen molar-refractivity contribution in [1.82, 2.24) is 10.6 Å². The number of nitrogens with one attached hydrogen (secondary N) is 2. The van der Waals surface area contributed by atoms with Gasteiger partial charge in [0.1, 0.15) is 5.60 Å². The van der Waals surface area contributed by atoms with Gasteiger partial charge in [0.2, 0.25) is 0 Å². The molecule has 3 atom stereocenters. The minimum Gasteiger partial charge on any atom is -0.444 e. The van der Waals surface area contributed by atoms with Gasteiger partial charge >= 0.3 is 6.09 Å². The van der Waals surface area contributed by atoms with E-state index >= 15 is 0 Å². The molecule has 1 amide bonds. The van der Waals surface area contributed by atoms with Crippen molar-refractivity contribution in [2.24, 2.45) is 11.8 Å². The van der Waals surface area contributed by atoms with Crippen molar-refractivity contribution in [3.8, 4) is 0 Å². The van der Waals surface area contributed by atoms with Crippen LogP contribution in [0.1, 0.15) is 67.2 Å². The third-order valence-electron chi connectivity index (χ3n) is 4.25. The Morgan fingerprint density at radius 2 is 1.95 bits per heavy atom. The number of carbonyl (C=O) groups excluding carboxylic acids is 1. The second kappa shape index (κ2) is 8.02. The van der Waals surface area contributed by atoms with E-state index in [1.807, 2.05) is 20.8 Å². The van der Waals surface area contributed by atoms with Crippen LogP contribution in [0.4, 0.5) is 4.79 Å². The van der Waals surface area contributed by atoms with E-state index in [9.17, 15) is 4.79 Å². The van der Waals surface area contributed by atoms with Gasteiger partial charge in [-0.2, -0.15) is 0 Å². The summed E-state index contributed by atoms with van der Waals surface area (Å²) in [5.41, 5.74) is -0.446. The van der Waals surface area contributed by atoms with Gasteiger partial charge in [0.15, 0.2) is 0 Å². The van der Waals surface area contributed by atoms with Crippen LogP contribution < -0.4 is 10.6 Å². The molecular weight excluding hydrogens is 264 g/mol. The van der Waals surface area contributed by atoms with Crippen molar-refractivity contribution in [3.63, 3.8) is 0 Å². The van der Waals surface area contributed by atoms with Crippen LogP contribution in [0, 0.1) is 11.8 Å². The van der Waals surface area contributed by atoms with Gasteiger partial charge in [-0.25, -0.2) is 4.79 Å². The Hall–Kier alpha value is -0.770. The third kappa shape index (κ3) is 7.16. The third-order valence-corrected chi connectivity index (χ3v) is 4.25. The number of hydrogen-bond donors (Lipinski definition) is 2. The fourth-order valence-electron chi connectivity index (χ4n) is 2.84. The summed E-state index contributed by atoms with van der Waals surface area (Å²) in [5.74, 6) is 1.26. The maximum absolute atomic E-state index is 11.9. The highest BCUT2D eigenvalue weighted by atomic mass is 16.6. The van der Waals surface area contributed by atoms with Crippen LogP contribution in [-0.2, 0) is 4.74 Å². The highest BCUT2D eigenvalue weighted by Crippen LogP contribution is 2.27. The van der Waals surface area contributed by atoms with Gasteiger partial charge in [-0.05, 0) is 51.9 Å². The second-order valence-corrected chi connectivity index (χ2v) is 7.69. The van der Waals surface area contributed by atoms with Gasteiger partial charge in [0.25, 0.3) is 0 Å². The summed E-state index contributed by atoms with van der Waals surface area (Å²) in [6.45, 7) is 13.0. The minimum absolute atomic E-state index is 0.112. The topological polar surface area (TPSA) is 50.4 Å². The molecule has 0 aromatic rings. The van der Waals surface area contributed by atoms with Crippen molar-refractivity contribution in [2.45, 2.75) is 84.9 Å². The maximum atomic E-state index is 11.9. The Morgan fingerprint density at radius 3 is 2.43 bits per heavy atom. The molecule has 0 radical (unpaired) electrons. The zero-order chi connectivity index (χ0) is 16.0. The lowest BCUT2D eigenvalue weighted by atomic mass is 10.0. The van der Waals surface area contributed by atoms with Crippen LogP contribution in [0.15, 0.2) is 0 Å². The molecule has 1 aliphatic carbocycles. The predicted octanol–water partition coefficient (Wildman–Crippen LogP) is 3.70. The number of amides is 1. The van der Waals surface area contributed by atoms with Crippen molar-refractivity contribution in [3.05, 3.63) is 0 Å². The molecular formula is C17H34N2O2. The van der Waals surface area contributed by atoms with E-state index in [0.29, 0.717) is 12.0 Å². The first-order chi connectivity index (χ1) is 9.71. The van der Waals surface area contributed by atoms with Gasteiger partial charge in [0, 0.05) is 18.6 Å². The molecule has 0 saturated heterocycles. The molecule has 1 saturated carbocycles. The molecule has 1 rings (SSSR count). The highest BCUT2D eigenvalue weighted by molar-refractivity contribution is 5.68. The zero-order valence-electron chi connectivity index (χ0n) is 14.7. The molecule has 0 bridgehead atoms. The number of hydrogen-bond acceptors (Lipinski definition) is 3. The Labute approximate surface area is 130 Å². The second-order valence-electron chi connectivity index (χ2n) is 7.69. The first-order valence-electron chi connectivity index (χ1n) is 8.44. The summed E-state index contributed by atoms with van der Waals surface area (Å²) in [6, 6.07) is 0.720. The smallest absolute Gasteiger partial charge is 0.407 e. The van der Waals surface area contributed by atoms with Crippen LogP contribution in [0.3, 0.4) is 0 Å². The number of alkyl carbamates (subject to hydrolysis) is 1. The first kappa shape index (κ1) is 18.3. The molecule has 21 heavy (non-hydrogen) atoms. The van der Waals surface area contributed by atoms with Crippen LogP contribution in [0.5, 0.6) is 0 Å². The lowest BCUT2D eigenvalue weighted by molar-refractivity contribution is 0.0489. The molecule has 2 N–H and O–H groups in total. The first-order valence-corrected chi connectivity index (χ1v) is 8.44. The number of carbonyl (C=O) groups is 1. The van der Waals surface area contributed by atoms with Crippen LogP contribution >= 0.6 is 0 Å². The Bertz CT molecular complexity index is 323. The largest absolute Gasteiger partial charge is 0.444 e. The average molecular weight is 298 g/mol. The minimum atomic E-state index is -0.446. The standard InChI is InChI=1S/C17H34N2O2/c1-7-13-8-9-14(10-13)18-11-15(12(2)3)19-16(20)21-17(4,5)6/h12-15,18H,7-11H2,1-6H3,(H,19,20). The normalized spacial score (nSPS) is 24.1. The average Bonchev–Trinajstić information content (AvgIpc) is 2.79. The van der Waals surface area contributed by atoms with Gasteiger partial charge < -0.3 is 15.4 Å².